The van der Waals surface area contributed by atoms with Gasteiger partial charge in [0, 0.05) is 13.2 Å². The van der Waals surface area contributed by atoms with Crippen molar-refractivity contribution in [3.8, 4) is 11.5 Å². The first-order valence-corrected chi connectivity index (χ1v) is 7.86. The maximum absolute atomic E-state index is 8.81. The molecule has 0 atom stereocenters. The van der Waals surface area contributed by atoms with Crippen molar-refractivity contribution in [3.63, 3.8) is 0 Å². The van der Waals surface area contributed by atoms with Crippen molar-refractivity contribution in [2.75, 3.05) is 13.2 Å². The number of aryl methyl sites for hydroxylation is 2. The predicted molar refractivity (Wildman–Crippen MR) is 90.7 cm³/mol. The smallest absolute Gasteiger partial charge is 0.526 e. The summed E-state index contributed by atoms with van der Waals surface area (Å²) in [4.78, 5) is 0. The van der Waals surface area contributed by atoms with Crippen LogP contribution in [0.1, 0.15) is 24.0 Å². The van der Waals surface area contributed by atoms with Crippen molar-refractivity contribution >= 4 is 7.69 Å². The van der Waals surface area contributed by atoms with Gasteiger partial charge in [-0.25, -0.2) is 0 Å². The number of aliphatic hydroxyl groups is 2. The summed E-state index contributed by atoms with van der Waals surface area (Å²) in [5.74, 6) is 1.41. The first kappa shape index (κ1) is 17.4. The molecule has 0 aliphatic carbocycles. The van der Waals surface area contributed by atoms with E-state index >= 15 is 0 Å². The molecule has 4 nitrogen and oxygen atoms in total. The summed E-state index contributed by atoms with van der Waals surface area (Å²) in [6.07, 6.45) is 3.26. The van der Waals surface area contributed by atoms with Crippen LogP contribution in [0.3, 0.4) is 0 Å². The molecule has 121 valence electrons. The van der Waals surface area contributed by atoms with E-state index in [9.17, 15) is 0 Å². The van der Waals surface area contributed by atoms with Crippen molar-refractivity contribution in [1.82, 2.24) is 0 Å². The lowest BCUT2D eigenvalue weighted by Crippen LogP contribution is -2.10. The van der Waals surface area contributed by atoms with E-state index in [1.54, 1.807) is 0 Å². The Balaban J connectivity index is 1.73. The molecule has 0 saturated heterocycles. The average Bonchev–Trinajstić information content (AvgIpc) is 2.60. The molecule has 23 heavy (non-hydrogen) atoms. The fraction of sp³-hybridized carbons (Fsp3) is 0.333. The van der Waals surface area contributed by atoms with Gasteiger partial charge in [0.05, 0.1) is 0 Å². The van der Waals surface area contributed by atoms with Crippen molar-refractivity contribution in [2.24, 2.45) is 0 Å². The van der Waals surface area contributed by atoms with Gasteiger partial charge in [0.1, 0.15) is 11.5 Å². The number of rotatable bonds is 10. The van der Waals surface area contributed by atoms with E-state index in [0.717, 1.165) is 25.7 Å². The summed E-state index contributed by atoms with van der Waals surface area (Å²) < 4.78 is 10.9. The molecule has 5 heteroatoms. The molecule has 0 aliphatic heterocycles. The van der Waals surface area contributed by atoms with Gasteiger partial charge in [-0.2, -0.15) is 0 Å². The van der Waals surface area contributed by atoms with Crippen molar-refractivity contribution < 1.29 is 19.5 Å². The number of hydrogen-bond acceptors (Lipinski definition) is 4. The third kappa shape index (κ3) is 6.34. The highest BCUT2D eigenvalue weighted by Gasteiger charge is 2.02. The van der Waals surface area contributed by atoms with E-state index in [1.165, 1.54) is 18.8 Å². The van der Waals surface area contributed by atoms with Gasteiger partial charge >= 0.3 is 7.69 Å². The Labute approximate surface area is 138 Å². The van der Waals surface area contributed by atoms with Crippen LogP contribution in [-0.2, 0) is 12.8 Å². The standard InChI is InChI=1S/C18H22BO4/c20-13-1-3-15-5-9-17(10-6-15)22-19-23-18-11-7-16(8-12-18)4-2-14-21/h5-12,20-21H,1-4,13-14H2. The van der Waals surface area contributed by atoms with Crippen molar-refractivity contribution in [1.29, 1.82) is 0 Å². The van der Waals surface area contributed by atoms with Gasteiger partial charge in [0.15, 0.2) is 0 Å². The number of benzene rings is 2. The van der Waals surface area contributed by atoms with Gasteiger partial charge in [-0.1, -0.05) is 24.3 Å². The van der Waals surface area contributed by atoms with Gasteiger partial charge in [-0.15, -0.1) is 0 Å². The van der Waals surface area contributed by atoms with Gasteiger partial charge in [0.2, 0.25) is 0 Å². The molecular weight excluding hydrogens is 291 g/mol. The number of hydrogen-bond donors (Lipinski definition) is 2. The SMILES string of the molecule is OCCCc1ccc(O[B]Oc2ccc(CCCO)cc2)cc1. The minimum atomic E-state index is 0.207. The van der Waals surface area contributed by atoms with Crippen LogP contribution >= 0.6 is 0 Å². The second-order valence-electron chi connectivity index (χ2n) is 5.27. The monoisotopic (exact) mass is 313 g/mol. The van der Waals surface area contributed by atoms with Gasteiger partial charge in [0.25, 0.3) is 0 Å². The normalized spacial score (nSPS) is 10.3. The van der Waals surface area contributed by atoms with Gasteiger partial charge < -0.3 is 19.5 Å². The Hall–Kier alpha value is -1.98. The Bertz CT molecular complexity index is 503. The minimum Gasteiger partial charge on any atom is -0.526 e. The molecule has 2 aromatic carbocycles. The quantitative estimate of drug-likeness (QED) is 0.662. The van der Waals surface area contributed by atoms with Gasteiger partial charge in [-0.05, 0) is 61.1 Å². The molecule has 0 spiro atoms. The molecule has 0 heterocycles. The summed E-state index contributed by atoms with van der Waals surface area (Å²) in [5.41, 5.74) is 2.34. The molecule has 0 fully saturated rings. The molecular formula is C18H22BO4. The highest BCUT2D eigenvalue weighted by molar-refractivity contribution is 6.20. The minimum absolute atomic E-state index is 0.207. The molecule has 0 unspecified atom stereocenters. The summed E-state index contributed by atoms with van der Waals surface area (Å²) >= 11 is 0. The van der Waals surface area contributed by atoms with Crippen molar-refractivity contribution in [2.45, 2.75) is 25.7 Å². The molecule has 0 aromatic heterocycles. The van der Waals surface area contributed by atoms with Crippen LogP contribution in [0.2, 0.25) is 0 Å². The molecule has 1 radical (unpaired) electrons. The second-order valence-corrected chi connectivity index (χ2v) is 5.27. The summed E-state index contributed by atoms with van der Waals surface area (Å²) in [7, 11) is 1.31. The van der Waals surface area contributed by atoms with Crippen LogP contribution in [0.15, 0.2) is 48.5 Å². The first-order valence-electron chi connectivity index (χ1n) is 7.86. The Morgan fingerprint density at radius 2 is 1.04 bits per heavy atom. The van der Waals surface area contributed by atoms with E-state index in [2.05, 4.69) is 0 Å². The fourth-order valence-electron chi connectivity index (χ4n) is 2.17. The highest BCUT2D eigenvalue weighted by Crippen LogP contribution is 2.15. The number of aliphatic hydroxyl groups excluding tert-OH is 2. The molecule has 2 aromatic rings. The van der Waals surface area contributed by atoms with Crippen LogP contribution in [0.25, 0.3) is 0 Å². The lowest BCUT2D eigenvalue weighted by molar-refractivity contribution is 0.288. The van der Waals surface area contributed by atoms with Crippen molar-refractivity contribution in [3.05, 3.63) is 59.7 Å². The Morgan fingerprint density at radius 1 is 0.652 bits per heavy atom. The van der Waals surface area contributed by atoms with Crippen LogP contribution in [-0.4, -0.2) is 31.1 Å². The third-order valence-electron chi connectivity index (χ3n) is 3.46. The maximum atomic E-state index is 8.81. The zero-order chi connectivity index (χ0) is 16.3. The highest BCUT2D eigenvalue weighted by atomic mass is 16.6. The molecule has 0 amide bonds. The second kappa shape index (κ2) is 9.92. The Morgan fingerprint density at radius 3 is 1.39 bits per heavy atom. The summed E-state index contributed by atoms with van der Waals surface area (Å²) in [6, 6.07) is 15.4. The van der Waals surface area contributed by atoms with E-state index in [1.807, 2.05) is 48.5 Å². The van der Waals surface area contributed by atoms with E-state index in [-0.39, 0.29) is 13.2 Å². The molecule has 2 rings (SSSR count). The summed E-state index contributed by atoms with van der Waals surface area (Å²) in [5, 5.41) is 17.6. The molecule has 0 aliphatic rings. The average molecular weight is 313 g/mol. The molecule has 2 N–H and O–H groups in total. The Kier molecular flexibility index (Phi) is 7.50. The predicted octanol–water partition coefficient (Wildman–Crippen LogP) is 2.53. The lowest BCUT2D eigenvalue weighted by Gasteiger charge is -2.08. The van der Waals surface area contributed by atoms with Crippen LogP contribution in [0.5, 0.6) is 11.5 Å². The van der Waals surface area contributed by atoms with E-state index in [0.29, 0.717) is 11.5 Å². The zero-order valence-electron chi connectivity index (χ0n) is 13.1. The largest absolute Gasteiger partial charge is 0.658 e. The molecule has 0 saturated carbocycles. The first-order chi connectivity index (χ1) is 11.3. The van der Waals surface area contributed by atoms with Crippen LogP contribution in [0.4, 0.5) is 0 Å². The van der Waals surface area contributed by atoms with Gasteiger partial charge in [-0.3, -0.25) is 0 Å². The lowest BCUT2D eigenvalue weighted by atomic mass is 10.1. The zero-order valence-corrected chi connectivity index (χ0v) is 13.1. The van der Waals surface area contributed by atoms with E-state index < -0.39 is 0 Å². The fourth-order valence-corrected chi connectivity index (χ4v) is 2.17. The van der Waals surface area contributed by atoms with Crippen LogP contribution < -0.4 is 9.31 Å². The van der Waals surface area contributed by atoms with E-state index in [4.69, 9.17) is 19.5 Å². The summed E-state index contributed by atoms with van der Waals surface area (Å²) in [6.45, 7) is 0.414. The topological polar surface area (TPSA) is 58.9 Å². The maximum Gasteiger partial charge on any atom is 0.658 e. The third-order valence-corrected chi connectivity index (χ3v) is 3.46. The molecule has 0 bridgehead atoms. The van der Waals surface area contributed by atoms with Crippen LogP contribution in [0, 0.1) is 0 Å².